The number of methoxy groups -OCH3 is 2. The summed E-state index contributed by atoms with van der Waals surface area (Å²) < 4.78 is 28.3. The van der Waals surface area contributed by atoms with Crippen LogP contribution in [0.4, 0.5) is 9.59 Å². The number of carbonyl (C=O) groups is 2. The second-order valence-electron chi connectivity index (χ2n) is 15.3. The molecule has 268 valence electrons. The molecule has 0 aromatic rings. The Hall–Kier alpha value is -2.58. The Balaban J connectivity index is 1.58. The lowest BCUT2D eigenvalue weighted by molar-refractivity contribution is -0.0827. The molecule has 3 fully saturated rings. The summed E-state index contributed by atoms with van der Waals surface area (Å²) in [4.78, 5) is 24.5. The van der Waals surface area contributed by atoms with Gasteiger partial charge in [0, 0.05) is 24.2 Å². The van der Waals surface area contributed by atoms with E-state index < -0.39 is 43.9 Å². The molecular weight excluding hydrogens is 621 g/mol. The molecule has 0 N–H and O–H groups in total. The van der Waals surface area contributed by atoms with Crippen LogP contribution in [0.5, 0.6) is 0 Å². The molecule has 4 rings (SSSR count). The average molecular weight is 683 g/mol. The van der Waals surface area contributed by atoms with Gasteiger partial charge < -0.3 is 23.4 Å². The Morgan fingerprint density at radius 3 is 2.15 bits per heavy atom. The number of ether oxygens (including phenoxy) is 4. The minimum Gasteiger partial charge on any atom is -0.438 e. The highest BCUT2D eigenvalue weighted by Crippen LogP contribution is 2.66. The van der Waals surface area contributed by atoms with Crippen LogP contribution in [0.1, 0.15) is 87.0 Å². The van der Waals surface area contributed by atoms with Crippen molar-refractivity contribution in [1.29, 1.82) is 0 Å². The fourth-order valence-electron chi connectivity index (χ4n) is 10.1. The van der Waals surface area contributed by atoms with Crippen molar-refractivity contribution in [3.05, 3.63) is 60.8 Å². The van der Waals surface area contributed by atoms with Gasteiger partial charge in [-0.1, -0.05) is 109 Å². The third kappa shape index (κ3) is 6.77. The molecule has 0 amide bonds. The number of hydrogen-bond donors (Lipinski definition) is 0. The number of fused-ring (bicyclic) bond motifs is 5. The van der Waals surface area contributed by atoms with Crippen molar-refractivity contribution in [2.75, 3.05) is 14.2 Å². The fraction of sp³-hybridized carbons (Fsp3) is 0.700. The lowest BCUT2D eigenvalue weighted by atomic mass is 9.49. The van der Waals surface area contributed by atoms with E-state index in [1.54, 1.807) is 0 Å². The van der Waals surface area contributed by atoms with Crippen LogP contribution in [0.2, 0.25) is 18.1 Å². The Bertz CT molecular complexity index is 1280. The second kappa shape index (κ2) is 15.1. The van der Waals surface area contributed by atoms with Gasteiger partial charge in [-0.15, -0.1) is 0 Å². The Labute approximate surface area is 291 Å². The van der Waals surface area contributed by atoms with Gasteiger partial charge in [0.1, 0.15) is 12.2 Å². The zero-order valence-electron chi connectivity index (χ0n) is 31.1. The van der Waals surface area contributed by atoms with Gasteiger partial charge in [-0.2, -0.15) is 0 Å². The van der Waals surface area contributed by atoms with Crippen molar-refractivity contribution in [2.45, 2.75) is 123 Å². The summed E-state index contributed by atoms with van der Waals surface area (Å²) in [5.41, 5.74) is 1.84. The standard InChI is InChI=1S/C40H62O7Si/c1-12-40(13-2,47-48(14-3,15-4)16-5)28(7)18-17-27(6)32-21-22-33-31-20-19-29-25-30(45-36(41)43-10)26-35(46-37(42)44-11)39(29,9)34(31)23-24-38(32,33)8/h12-13,17-20,27-28,30,32-35H,1-2,14-16,21-26H2,3-11H3/b18-17+/t27-,28+,30-,32-,33+,34+,35+,38-,39+/m1/s1. The maximum atomic E-state index is 12.5. The van der Waals surface area contributed by atoms with Crippen molar-refractivity contribution >= 4 is 20.6 Å². The smallest absolute Gasteiger partial charge is 0.438 e. The van der Waals surface area contributed by atoms with Crippen LogP contribution in [-0.4, -0.2) is 52.7 Å². The van der Waals surface area contributed by atoms with Gasteiger partial charge in [-0.05, 0) is 72.9 Å². The Kier molecular flexibility index (Phi) is 12.0. The van der Waals surface area contributed by atoms with E-state index in [4.69, 9.17) is 23.4 Å². The van der Waals surface area contributed by atoms with Crippen molar-refractivity contribution < 1.29 is 33.0 Å². The molecule has 3 saturated carbocycles. The first kappa shape index (κ1) is 38.2. The van der Waals surface area contributed by atoms with E-state index in [2.05, 4.69) is 85.9 Å². The molecule has 0 radical (unpaired) electrons. The molecule has 0 aromatic heterocycles. The molecule has 0 bridgehead atoms. The monoisotopic (exact) mass is 682 g/mol. The maximum absolute atomic E-state index is 12.5. The summed E-state index contributed by atoms with van der Waals surface area (Å²) in [7, 11) is 0.748. The van der Waals surface area contributed by atoms with E-state index in [0.717, 1.165) is 43.0 Å². The third-order valence-corrected chi connectivity index (χ3v) is 18.2. The highest BCUT2D eigenvalue weighted by Gasteiger charge is 2.60. The van der Waals surface area contributed by atoms with Gasteiger partial charge in [-0.25, -0.2) is 9.59 Å². The molecule has 0 aromatic carbocycles. The van der Waals surface area contributed by atoms with Gasteiger partial charge in [-0.3, -0.25) is 0 Å². The van der Waals surface area contributed by atoms with Crippen molar-refractivity contribution in [3.63, 3.8) is 0 Å². The van der Waals surface area contributed by atoms with E-state index in [-0.39, 0.29) is 17.3 Å². The van der Waals surface area contributed by atoms with Gasteiger partial charge in [0.25, 0.3) is 0 Å². The molecule has 48 heavy (non-hydrogen) atoms. The molecule has 9 atom stereocenters. The largest absolute Gasteiger partial charge is 0.508 e. The average Bonchev–Trinajstić information content (AvgIpc) is 3.45. The molecule has 0 spiro atoms. The lowest BCUT2D eigenvalue weighted by Crippen LogP contribution is -2.54. The number of hydrogen-bond acceptors (Lipinski definition) is 7. The number of rotatable bonds is 13. The second-order valence-corrected chi connectivity index (χ2v) is 20.0. The zero-order chi connectivity index (χ0) is 35.5. The van der Waals surface area contributed by atoms with Crippen LogP contribution in [0.25, 0.3) is 0 Å². The van der Waals surface area contributed by atoms with Crippen LogP contribution in [0.3, 0.4) is 0 Å². The van der Waals surface area contributed by atoms with Gasteiger partial charge in [0.05, 0.1) is 19.8 Å². The Morgan fingerprint density at radius 2 is 1.56 bits per heavy atom. The van der Waals surface area contributed by atoms with Crippen LogP contribution in [-0.2, 0) is 23.4 Å². The molecule has 0 unspecified atom stereocenters. The molecule has 4 aliphatic rings. The Morgan fingerprint density at radius 1 is 0.938 bits per heavy atom. The summed E-state index contributed by atoms with van der Waals surface area (Å²) in [5, 5.41) is 0. The van der Waals surface area contributed by atoms with Gasteiger partial charge in [0.15, 0.2) is 8.32 Å². The van der Waals surface area contributed by atoms with E-state index >= 15 is 0 Å². The van der Waals surface area contributed by atoms with E-state index in [0.29, 0.717) is 30.6 Å². The predicted molar refractivity (Wildman–Crippen MR) is 194 cm³/mol. The highest BCUT2D eigenvalue weighted by molar-refractivity contribution is 6.73. The third-order valence-electron chi connectivity index (χ3n) is 13.5. The molecule has 7 nitrogen and oxygen atoms in total. The van der Waals surface area contributed by atoms with Crippen LogP contribution in [0.15, 0.2) is 60.8 Å². The molecule has 0 saturated heterocycles. The molecule has 8 heteroatoms. The fourth-order valence-corrected chi connectivity index (χ4v) is 13.2. The predicted octanol–water partition coefficient (Wildman–Crippen LogP) is 10.4. The van der Waals surface area contributed by atoms with Crippen LogP contribution < -0.4 is 0 Å². The summed E-state index contributed by atoms with van der Waals surface area (Å²) in [6, 6.07) is 3.26. The van der Waals surface area contributed by atoms with Gasteiger partial charge >= 0.3 is 12.3 Å². The number of carbonyl (C=O) groups excluding carboxylic acids is 2. The highest BCUT2D eigenvalue weighted by atomic mass is 28.4. The first-order chi connectivity index (χ1) is 22.8. The molecule has 4 aliphatic carbocycles. The van der Waals surface area contributed by atoms with E-state index in [1.807, 2.05) is 12.2 Å². The first-order valence-electron chi connectivity index (χ1n) is 18.3. The number of allylic oxidation sites excluding steroid dienone is 4. The topological polar surface area (TPSA) is 80.3 Å². The molecular formula is C40H62O7Si. The van der Waals surface area contributed by atoms with Crippen molar-refractivity contribution in [3.8, 4) is 0 Å². The summed E-state index contributed by atoms with van der Waals surface area (Å²) in [5.74, 6) is 1.79. The van der Waals surface area contributed by atoms with Gasteiger partial charge in [0.2, 0.25) is 0 Å². The maximum Gasteiger partial charge on any atom is 0.508 e. The van der Waals surface area contributed by atoms with Crippen LogP contribution in [0, 0.1) is 40.4 Å². The minimum absolute atomic E-state index is 0.127. The summed E-state index contributed by atoms with van der Waals surface area (Å²) in [6.45, 7) is 24.6. The van der Waals surface area contributed by atoms with Crippen LogP contribution >= 0.6 is 0 Å². The SMILES string of the molecule is C=CC(C=C)(O[Si](CC)(CC)CC)[C@@H](C)/C=C/[C@@H](C)[C@H]1CC[C@H]2C3=CC=C4C[C@@H](OC(=O)OC)C[C@H](OC(=O)OC)[C@]4(C)[C@H]3CC[C@]12C. The van der Waals surface area contributed by atoms with E-state index in [1.165, 1.54) is 26.2 Å². The summed E-state index contributed by atoms with van der Waals surface area (Å²) in [6.07, 6.45) is 16.4. The van der Waals surface area contributed by atoms with Crippen molar-refractivity contribution in [1.82, 2.24) is 0 Å². The molecule has 0 heterocycles. The molecule has 0 aliphatic heterocycles. The first-order valence-corrected chi connectivity index (χ1v) is 20.9. The normalized spacial score (nSPS) is 32.8. The minimum atomic E-state index is -1.89. The van der Waals surface area contributed by atoms with E-state index in [9.17, 15) is 9.59 Å². The zero-order valence-corrected chi connectivity index (χ0v) is 32.1. The van der Waals surface area contributed by atoms with Crippen molar-refractivity contribution in [2.24, 2.45) is 40.4 Å². The summed E-state index contributed by atoms with van der Waals surface area (Å²) >= 11 is 0. The lowest BCUT2D eigenvalue weighted by Gasteiger charge is -2.57. The quantitative estimate of drug-likeness (QED) is 0.109.